The molecule has 0 aliphatic heterocycles. The first-order valence-corrected chi connectivity index (χ1v) is 18.7. The molecule has 2 aromatic heterocycles. The molecule has 0 N–H and O–H groups in total. The second-order valence-corrected chi connectivity index (χ2v) is 13.8. The van der Waals surface area contributed by atoms with Crippen molar-refractivity contribution >= 4 is 32.6 Å². The SMILES string of the molecule is CCc1nc2ccccc2n1-c1cc(-c2nc(-c3ccccc3)nc(-c3ccc(-c4ccccc4)cc3)n2)cc(-c2cc3ccccc3c3ccccc23)c1. The van der Waals surface area contributed by atoms with Crippen molar-refractivity contribution in [3.8, 4) is 62.1 Å². The van der Waals surface area contributed by atoms with E-state index in [0.29, 0.717) is 17.5 Å². The van der Waals surface area contributed by atoms with Crippen molar-refractivity contribution < 1.29 is 0 Å². The molecule has 5 heteroatoms. The smallest absolute Gasteiger partial charge is 0.164 e. The van der Waals surface area contributed by atoms with Crippen LogP contribution in [0.1, 0.15) is 12.7 Å². The minimum atomic E-state index is 0.603. The van der Waals surface area contributed by atoms with Crippen molar-refractivity contribution in [2.24, 2.45) is 0 Å². The lowest BCUT2D eigenvalue weighted by Gasteiger charge is -2.16. The Hall–Kier alpha value is -7.24. The van der Waals surface area contributed by atoms with Crippen LogP contribution in [0.5, 0.6) is 0 Å². The second-order valence-electron chi connectivity index (χ2n) is 13.8. The fourth-order valence-corrected chi connectivity index (χ4v) is 7.71. The number of hydrogen-bond acceptors (Lipinski definition) is 4. The summed E-state index contributed by atoms with van der Waals surface area (Å²) in [5, 5.41) is 4.84. The highest BCUT2D eigenvalue weighted by atomic mass is 15.1. The molecule has 0 aliphatic rings. The third-order valence-electron chi connectivity index (χ3n) is 10.4. The molecule has 0 aliphatic carbocycles. The molecule has 0 atom stereocenters. The number of imidazole rings is 1. The fourth-order valence-electron chi connectivity index (χ4n) is 7.71. The van der Waals surface area contributed by atoms with Crippen LogP contribution in [0.15, 0.2) is 182 Å². The van der Waals surface area contributed by atoms with E-state index in [1.807, 2.05) is 30.3 Å². The van der Waals surface area contributed by atoms with Gasteiger partial charge in [-0.15, -0.1) is 0 Å². The van der Waals surface area contributed by atoms with E-state index in [0.717, 1.165) is 62.3 Å². The molecule has 10 aromatic rings. The molecule has 2 heterocycles. The summed E-state index contributed by atoms with van der Waals surface area (Å²) in [5.74, 6) is 2.84. The summed E-state index contributed by atoms with van der Waals surface area (Å²) in [5.41, 5.74) is 10.3. The Labute approximate surface area is 319 Å². The van der Waals surface area contributed by atoms with Crippen LogP contribution < -0.4 is 0 Å². The van der Waals surface area contributed by atoms with Gasteiger partial charge in [0.1, 0.15) is 5.82 Å². The van der Waals surface area contributed by atoms with Crippen LogP contribution in [-0.4, -0.2) is 24.5 Å². The molecule has 0 bridgehead atoms. The molecule has 0 saturated heterocycles. The van der Waals surface area contributed by atoms with Crippen molar-refractivity contribution in [3.05, 3.63) is 188 Å². The van der Waals surface area contributed by atoms with Crippen LogP contribution in [0.2, 0.25) is 0 Å². The van der Waals surface area contributed by atoms with E-state index in [-0.39, 0.29) is 0 Å². The third-order valence-corrected chi connectivity index (χ3v) is 10.4. The summed E-state index contributed by atoms with van der Waals surface area (Å²) in [6.45, 7) is 2.16. The minimum Gasteiger partial charge on any atom is -0.296 e. The Kier molecular flexibility index (Phi) is 8.03. The predicted molar refractivity (Wildman–Crippen MR) is 226 cm³/mol. The van der Waals surface area contributed by atoms with Crippen molar-refractivity contribution in [2.45, 2.75) is 13.3 Å². The molecule has 260 valence electrons. The lowest BCUT2D eigenvalue weighted by molar-refractivity contribution is 0.908. The average Bonchev–Trinajstić information content (AvgIpc) is 3.65. The second kappa shape index (κ2) is 13.6. The zero-order valence-corrected chi connectivity index (χ0v) is 30.3. The van der Waals surface area contributed by atoms with Gasteiger partial charge in [0.2, 0.25) is 0 Å². The van der Waals surface area contributed by atoms with Gasteiger partial charge < -0.3 is 0 Å². The molecule has 0 unspecified atom stereocenters. The summed E-state index contributed by atoms with van der Waals surface area (Å²) < 4.78 is 2.29. The molecular formula is C50H35N5. The van der Waals surface area contributed by atoms with E-state index in [9.17, 15) is 0 Å². The summed E-state index contributed by atoms with van der Waals surface area (Å²) >= 11 is 0. The van der Waals surface area contributed by atoms with Gasteiger partial charge in [-0.2, -0.15) is 0 Å². The maximum atomic E-state index is 5.23. The molecule has 55 heavy (non-hydrogen) atoms. The van der Waals surface area contributed by atoms with Gasteiger partial charge in [-0.05, 0) is 80.2 Å². The zero-order valence-electron chi connectivity index (χ0n) is 30.3. The van der Waals surface area contributed by atoms with Crippen LogP contribution in [0.4, 0.5) is 0 Å². The summed E-state index contributed by atoms with van der Waals surface area (Å²) in [6, 6.07) is 63.7. The average molecular weight is 706 g/mol. The van der Waals surface area contributed by atoms with Crippen molar-refractivity contribution in [1.82, 2.24) is 24.5 Å². The molecule has 5 nitrogen and oxygen atoms in total. The van der Waals surface area contributed by atoms with E-state index >= 15 is 0 Å². The topological polar surface area (TPSA) is 56.5 Å². The normalized spacial score (nSPS) is 11.4. The first-order valence-electron chi connectivity index (χ1n) is 18.7. The summed E-state index contributed by atoms with van der Waals surface area (Å²) in [4.78, 5) is 20.5. The zero-order chi connectivity index (χ0) is 36.7. The highest BCUT2D eigenvalue weighted by molar-refractivity contribution is 6.14. The van der Waals surface area contributed by atoms with E-state index in [4.69, 9.17) is 19.9 Å². The van der Waals surface area contributed by atoms with E-state index in [2.05, 4.69) is 163 Å². The molecule has 0 fully saturated rings. The standard InChI is InChI=1S/C50H35N5/c1-2-47-51-45-23-13-14-24-46(45)55(47)40-30-38(44-32-37-19-9-10-20-41(37)42-21-11-12-22-43(42)44)29-39(31-40)50-53-48(35-17-7-4-8-18-35)52-49(54-50)36-27-25-34(26-28-36)33-15-5-3-6-16-33/h3-32H,2H2,1H3. The maximum absolute atomic E-state index is 5.23. The first kappa shape index (κ1) is 32.4. The van der Waals surface area contributed by atoms with Crippen LogP contribution in [0, 0.1) is 0 Å². The van der Waals surface area contributed by atoms with Gasteiger partial charge in [0.05, 0.1) is 11.0 Å². The minimum absolute atomic E-state index is 0.603. The highest BCUT2D eigenvalue weighted by Gasteiger charge is 2.19. The van der Waals surface area contributed by atoms with E-state index in [1.54, 1.807) is 0 Å². The lowest BCUT2D eigenvalue weighted by Crippen LogP contribution is -2.03. The van der Waals surface area contributed by atoms with E-state index < -0.39 is 0 Å². The van der Waals surface area contributed by atoms with Gasteiger partial charge in [-0.1, -0.05) is 153 Å². The number of fused-ring (bicyclic) bond motifs is 4. The quantitative estimate of drug-likeness (QED) is 0.155. The summed E-state index contributed by atoms with van der Waals surface area (Å²) in [6.07, 6.45) is 0.778. The monoisotopic (exact) mass is 705 g/mol. The Morgan fingerprint density at radius 2 is 0.927 bits per heavy atom. The Morgan fingerprint density at radius 3 is 1.65 bits per heavy atom. The number of nitrogens with zero attached hydrogens (tertiary/aromatic N) is 5. The van der Waals surface area contributed by atoms with E-state index in [1.165, 1.54) is 27.1 Å². The molecule has 10 rings (SSSR count). The Balaban J connectivity index is 1.23. The van der Waals surface area contributed by atoms with Gasteiger partial charge >= 0.3 is 0 Å². The van der Waals surface area contributed by atoms with Crippen LogP contribution >= 0.6 is 0 Å². The third kappa shape index (κ3) is 5.92. The van der Waals surface area contributed by atoms with Crippen LogP contribution in [0.3, 0.4) is 0 Å². The number of benzene rings is 8. The first-order chi connectivity index (χ1) is 27.2. The maximum Gasteiger partial charge on any atom is 0.164 e. The number of para-hydroxylation sites is 2. The number of aromatic nitrogens is 5. The number of rotatable bonds is 7. The van der Waals surface area contributed by atoms with Gasteiger partial charge in [-0.3, -0.25) is 4.57 Å². The fraction of sp³-hybridized carbons (Fsp3) is 0.0400. The van der Waals surface area contributed by atoms with Gasteiger partial charge in [-0.25, -0.2) is 19.9 Å². The predicted octanol–water partition coefficient (Wildman–Crippen LogP) is 12.4. The van der Waals surface area contributed by atoms with Crippen LogP contribution in [0.25, 0.3) is 94.7 Å². The highest BCUT2D eigenvalue weighted by Crippen LogP contribution is 2.39. The molecular weight excluding hydrogens is 671 g/mol. The van der Waals surface area contributed by atoms with Gasteiger partial charge in [0.25, 0.3) is 0 Å². The Bertz CT molecular complexity index is 3000. The summed E-state index contributed by atoms with van der Waals surface area (Å²) in [7, 11) is 0. The molecule has 0 saturated carbocycles. The van der Waals surface area contributed by atoms with Gasteiger partial charge in [0.15, 0.2) is 17.5 Å². The molecule has 0 radical (unpaired) electrons. The van der Waals surface area contributed by atoms with Crippen molar-refractivity contribution in [3.63, 3.8) is 0 Å². The van der Waals surface area contributed by atoms with Crippen molar-refractivity contribution in [1.29, 1.82) is 0 Å². The lowest BCUT2D eigenvalue weighted by atomic mass is 9.92. The van der Waals surface area contributed by atoms with Crippen LogP contribution in [-0.2, 0) is 6.42 Å². The molecule has 0 spiro atoms. The molecule has 0 amide bonds. The van der Waals surface area contributed by atoms with Gasteiger partial charge in [0, 0.05) is 28.8 Å². The number of hydrogen-bond donors (Lipinski definition) is 0. The van der Waals surface area contributed by atoms with Crippen molar-refractivity contribution in [2.75, 3.05) is 0 Å². The molecule has 8 aromatic carbocycles. The number of aryl methyl sites for hydroxylation is 1. The Morgan fingerprint density at radius 1 is 0.400 bits per heavy atom. The largest absolute Gasteiger partial charge is 0.296 e.